The van der Waals surface area contributed by atoms with Gasteiger partial charge in [0, 0.05) is 16.1 Å². The highest BCUT2D eigenvalue weighted by molar-refractivity contribution is 7.32. The summed E-state index contributed by atoms with van der Waals surface area (Å²) in [6, 6.07) is 0. The van der Waals surface area contributed by atoms with Crippen molar-refractivity contribution in [3.8, 4) is 0 Å². The largest absolute Gasteiger partial charge is 0.700 e. The fourth-order valence-corrected chi connectivity index (χ4v) is 1.02. The van der Waals surface area contributed by atoms with Crippen LogP contribution in [0.2, 0.25) is 0 Å². The van der Waals surface area contributed by atoms with Crippen LogP contribution in [-0.4, -0.2) is 20.9 Å². The van der Waals surface area contributed by atoms with Crippen molar-refractivity contribution < 1.29 is 33.1 Å². The second-order valence-electron chi connectivity index (χ2n) is 1.56. The zero-order valence-corrected chi connectivity index (χ0v) is 7.16. The minimum absolute atomic E-state index is 0.805. The number of aliphatic hydroxyl groups is 1. The van der Waals surface area contributed by atoms with Gasteiger partial charge in [-0.15, -0.1) is 9.79 Å². The minimum Gasteiger partial charge on any atom is -0.337 e. The molecule has 0 fully saturated rings. The van der Waals surface area contributed by atoms with E-state index in [2.05, 4.69) is 9.05 Å². The van der Waals surface area contributed by atoms with Gasteiger partial charge >= 0.3 is 22.5 Å². The molecule has 0 bridgehead atoms. The molecule has 0 saturated carbocycles. The van der Waals surface area contributed by atoms with Crippen molar-refractivity contribution in [2.75, 3.05) is 0 Å². The lowest BCUT2D eigenvalue weighted by atomic mass is 10.7. The molecule has 0 radical (unpaired) electrons. The van der Waals surface area contributed by atoms with E-state index in [1.165, 1.54) is 0 Å². The van der Waals surface area contributed by atoms with Gasteiger partial charge in [-0.3, -0.25) is 0 Å². The van der Waals surface area contributed by atoms with Crippen molar-refractivity contribution in [1.29, 1.82) is 0 Å². The average Bonchev–Trinajstić information content (AvgIpc) is 1.53. The van der Waals surface area contributed by atoms with E-state index in [9.17, 15) is 9.13 Å². The van der Waals surface area contributed by atoms with Crippen molar-refractivity contribution in [3.63, 3.8) is 0 Å². The summed E-state index contributed by atoms with van der Waals surface area (Å²) in [7, 11) is -6.17. The summed E-state index contributed by atoms with van der Waals surface area (Å²) >= 11 is 0. The first-order valence-electron chi connectivity index (χ1n) is 2.26. The summed E-state index contributed by atoms with van der Waals surface area (Å²) in [6.07, 6.45) is 0. The number of rotatable bonds is 4. The van der Waals surface area contributed by atoms with E-state index in [0.717, 1.165) is 6.92 Å². The highest BCUT2D eigenvalue weighted by Gasteiger charge is 2.43. The molecule has 0 aromatic heterocycles. The van der Waals surface area contributed by atoms with Gasteiger partial charge in [0.25, 0.3) is 0 Å². The van der Waals surface area contributed by atoms with E-state index >= 15 is 0 Å². The van der Waals surface area contributed by atoms with Gasteiger partial charge in [-0.2, -0.15) is 0 Å². The molecule has 0 saturated heterocycles. The molecule has 11 heavy (non-hydrogen) atoms. The van der Waals surface area contributed by atoms with E-state index in [1.807, 2.05) is 0 Å². The van der Waals surface area contributed by atoms with E-state index in [4.69, 9.17) is 14.9 Å². The molecule has 9 heteroatoms. The molecule has 0 aliphatic carbocycles. The molecule has 2 unspecified atom stereocenters. The van der Waals surface area contributed by atoms with Crippen molar-refractivity contribution in [2.45, 2.75) is 12.9 Å². The second-order valence-corrected chi connectivity index (χ2v) is 2.87. The maximum Gasteiger partial charge on any atom is 0.700 e. The summed E-state index contributed by atoms with van der Waals surface area (Å²) in [5, 5.41) is 8.72. The third kappa shape index (κ3) is 6.40. The third-order valence-corrected chi connectivity index (χ3v) is 1.48. The zero-order chi connectivity index (χ0) is 9.07. The SMILES string of the molecule is CC(O)(O[P+](=O)O)O[P+](=O)O. The van der Waals surface area contributed by atoms with Gasteiger partial charge in [-0.1, -0.05) is 0 Å². The van der Waals surface area contributed by atoms with Gasteiger partial charge in [0.1, 0.15) is 0 Å². The van der Waals surface area contributed by atoms with Crippen LogP contribution in [0.4, 0.5) is 0 Å². The molecule has 0 aliphatic heterocycles. The Hall–Kier alpha value is -0.0000000000000000763. The molecule has 7 nitrogen and oxygen atoms in total. The molecular formula is C2H6O7P2+2. The van der Waals surface area contributed by atoms with E-state index in [-0.39, 0.29) is 0 Å². The Balaban J connectivity index is 3.99. The minimum atomic E-state index is -3.08. The van der Waals surface area contributed by atoms with Crippen molar-refractivity contribution in [1.82, 2.24) is 0 Å². The number of hydrogen-bond acceptors (Lipinski definition) is 5. The summed E-state index contributed by atoms with van der Waals surface area (Å²) in [4.78, 5) is 16.1. The molecule has 0 rings (SSSR count). The third-order valence-electron chi connectivity index (χ3n) is 0.495. The molecule has 3 N–H and O–H groups in total. The van der Waals surface area contributed by atoms with Crippen molar-refractivity contribution >= 4 is 16.5 Å². The van der Waals surface area contributed by atoms with Gasteiger partial charge in [0.05, 0.1) is 0 Å². The van der Waals surface area contributed by atoms with Crippen molar-refractivity contribution in [2.24, 2.45) is 0 Å². The highest BCUT2D eigenvalue weighted by atomic mass is 31.1. The molecule has 0 aliphatic rings. The molecule has 0 amide bonds. The van der Waals surface area contributed by atoms with E-state index in [1.54, 1.807) is 0 Å². The fraction of sp³-hybridized carbons (Fsp3) is 1.00. The molecule has 64 valence electrons. The quantitative estimate of drug-likeness (QED) is 0.435. The second kappa shape index (κ2) is 4.13. The predicted octanol–water partition coefficient (Wildman–Crippen LogP) is -0.0150. The van der Waals surface area contributed by atoms with Crippen LogP contribution in [-0.2, 0) is 18.2 Å². The molecule has 0 heterocycles. The summed E-state index contributed by atoms with van der Waals surface area (Å²) < 4.78 is 27.4. The fourth-order valence-electron chi connectivity index (χ4n) is 0.306. The average molecular weight is 204 g/mol. The number of hydrogen-bond donors (Lipinski definition) is 3. The Morgan fingerprint density at radius 2 is 1.45 bits per heavy atom. The van der Waals surface area contributed by atoms with Crippen LogP contribution in [0.5, 0.6) is 0 Å². The topological polar surface area (TPSA) is 113 Å². The first kappa shape index (κ1) is 11.0. The van der Waals surface area contributed by atoms with Gasteiger partial charge in [0.2, 0.25) is 0 Å². The van der Waals surface area contributed by atoms with Crippen LogP contribution in [0.25, 0.3) is 0 Å². The molecule has 0 aromatic rings. The van der Waals surface area contributed by atoms with Crippen molar-refractivity contribution in [3.05, 3.63) is 0 Å². The van der Waals surface area contributed by atoms with Crippen LogP contribution in [0.3, 0.4) is 0 Å². The summed E-state index contributed by atoms with van der Waals surface area (Å²) in [6.45, 7) is 0.805. The van der Waals surface area contributed by atoms with Gasteiger partial charge in [-0.25, -0.2) is 0 Å². The van der Waals surface area contributed by atoms with Crippen LogP contribution in [0.15, 0.2) is 0 Å². The lowest BCUT2D eigenvalue weighted by Crippen LogP contribution is -2.26. The Morgan fingerprint density at radius 3 is 1.64 bits per heavy atom. The monoisotopic (exact) mass is 204 g/mol. The first-order chi connectivity index (χ1) is 4.83. The first-order valence-corrected chi connectivity index (χ1v) is 4.52. The Labute approximate surface area is 63.5 Å². The van der Waals surface area contributed by atoms with Gasteiger partial charge in [-0.05, 0) is 9.05 Å². The predicted molar refractivity (Wildman–Crippen MR) is 32.4 cm³/mol. The van der Waals surface area contributed by atoms with Crippen LogP contribution in [0, 0.1) is 0 Å². The highest BCUT2D eigenvalue weighted by Crippen LogP contribution is 2.31. The smallest absolute Gasteiger partial charge is 0.337 e. The van der Waals surface area contributed by atoms with E-state index < -0.39 is 22.5 Å². The van der Waals surface area contributed by atoms with Crippen LogP contribution in [0.1, 0.15) is 6.92 Å². The Kier molecular flexibility index (Phi) is 4.13. The maximum absolute atomic E-state index is 9.91. The lowest BCUT2D eigenvalue weighted by Gasteiger charge is -2.04. The summed E-state index contributed by atoms with van der Waals surface area (Å²) in [5.74, 6) is -2.52. The van der Waals surface area contributed by atoms with Gasteiger partial charge < -0.3 is 5.11 Å². The van der Waals surface area contributed by atoms with E-state index in [0.29, 0.717) is 0 Å². The standard InChI is InChI=1S/C2H4O7P2/c1-2(3,8-10(4)5)9-11(6)7/h3H,1H3/p+2. The van der Waals surface area contributed by atoms with Crippen LogP contribution < -0.4 is 0 Å². The zero-order valence-electron chi connectivity index (χ0n) is 5.37. The van der Waals surface area contributed by atoms with Crippen LogP contribution >= 0.6 is 16.5 Å². The molecular weight excluding hydrogens is 198 g/mol. The lowest BCUT2D eigenvalue weighted by molar-refractivity contribution is -0.258. The Morgan fingerprint density at radius 1 is 1.18 bits per heavy atom. The summed E-state index contributed by atoms with van der Waals surface area (Å²) in [5.41, 5.74) is 0. The Bertz CT molecular complexity index is 157. The van der Waals surface area contributed by atoms with Gasteiger partial charge in [0.15, 0.2) is 0 Å². The molecule has 0 aromatic carbocycles. The molecule has 2 atom stereocenters. The normalized spacial score (nSPS) is 18.9. The maximum atomic E-state index is 9.91. The molecule has 0 spiro atoms.